The second kappa shape index (κ2) is 9.62. The molecule has 0 radical (unpaired) electrons. The summed E-state index contributed by atoms with van der Waals surface area (Å²) < 4.78 is 18.4. The van der Waals surface area contributed by atoms with Crippen molar-refractivity contribution in [3.63, 3.8) is 0 Å². The van der Waals surface area contributed by atoms with Crippen molar-refractivity contribution in [3.8, 4) is 17.0 Å². The molecule has 1 aliphatic carbocycles. The molecular weight excluding hydrogens is 422 g/mol. The summed E-state index contributed by atoms with van der Waals surface area (Å²) in [5.41, 5.74) is 4.13. The summed E-state index contributed by atoms with van der Waals surface area (Å²) in [6.07, 6.45) is 6.99. The van der Waals surface area contributed by atoms with Gasteiger partial charge in [0.15, 0.2) is 0 Å². The number of aromatic nitrogens is 4. The van der Waals surface area contributed by atoms with E-state index in [1.807, 2.05) is 29.8 Å². The lowest BCUT2D eigenvalue weighted by Gasteiger charge is -2.26. The van der Waals surface area contributed by atoms with Crippen LogP contribution in [0.2, 0.25) is 0 Å². The number of hydrogen-bond acceptors (Lipinski definition) is 8. The van der Waals surface area contributed by atoms with Crippen molar-refractivity contribution in [2.75, 3.05) is 32.2 Å². The van der Waals surface area contributed by atoms with Crippen molar-refractivity contribution in [2.24, 2.45) is 0 Å². The van der Waals surface area contributed by atoms with Crippen LogP contribution in [0.1, 0.15) is 44.2 Å². The highest BCUT2D eigenvalue weighted by Gasteiger charge is 2.26. The maximum absolute atomic E-state index is 10.0. The number of ether oxygens (including phenoxy) is 3. The predicted molar refractivity (Wildman–Crippen MR) is 124 cm³/mol. The molecule has 9 heteroatoms. The van der Waals surface area contributed by atoms with Crippen LogP contribution in [0.5, 0.6) is 5.88 Å². The van der Waals surface area contributed by atoms with E-state index in [2.05, 4.69) is 21.4 Å². The van der Waals surface area contributed by atoms with Gasteiger partial charge in [0.2, 0.25) is 11.8 Å². The van der Waals surface area contributed by atoms with E-state index in [-0.39, 0.29) is 18.2 Å². The molecule has 0 spiro atoms. The summed E-state index contributed by atoms with van der Waals surface area (Å²) >= 11 is 0. The first kappa shape index (κ1) is 22.1. The first-order valence-electron chi connectivity index (χ1n) is 11.6. The second-order valence-corrected chi connectivity index (χ2v) is 9.03. The van der Waals surface area contributed by atoms with Crippen LogP contribution in [0.15, 0.2) is 30.6 Å². The molecule has 33 heavy (non-hydrogen) atoms. The van der Waals surface area contributed by atoms with Gasteiger partial charge in [-0.3, -0.25) is 0 Å². The van der Waals surface area contributed by atoms with E-state index in [0.29, 0.717) is 37.6 Å². The smallest absolute Gasteiger partial charge is 0.241 e. The molecule has 2 aliphatic rings. The van der Waals surface area contributed by atoms with Gasteiger partial charge in [0.25, 0.3) is 0 Å². The van der Waals surface area contributed by atoms with E-state index in [4.69, 9.17) is 19.3 Å². The number of anilines is 1. The van der Waals surface area contributed by atoms with Crippen LogP contribution in [0.25, 0.3) is 16.6 Å². The van der Waals surface area contributed by atoms with Gasteiger partial charge in [-0.25, -0.2) is 14.5 Å². The average Bonchev–Trinajstić information content (AvgIpc) is 3.16. The van der Waals surface area contributed by atoms with Crippen LogP contribution in [0.4, 0.5) is 5.95 Å². The first-order chi connectivity index (χ1) is 16.1. The van der Waals surface area contributed by atoms with Crippen LogP contribution < -0.4 is 10.1 Å². The lowest BCUT2D eigenvalue weighted by Crippen LogP contribution is -2.38. The lowest BCUT2D eigenvalue weighted by atomic mass is 9.85. The van der Waals surface area contributed by atoms with Crippen molar-refractivity contribution < 1.29 is 19.3 Å². The third-order valence-electron chi connectivity index (χ3n) is 6.39. The minimum atomic E-state index is -0.205. The largest absolute Gasteiger partial charge is 0.469 e. The zero-order valence-corrected chi connectivity index (χ0v) is 19.1. The van der Waals surface area contributed by atoms with E-state index >= 15 is 0 Å². The molecule has 3 aromatic heterocycles. The van der Waals surface area contributed by atoms with Gasteiger partial charge in [0.05, 0.1) is 37.6 Å². The van der Waals surface area contributed by atoms with Crippen molar-refractivity contribution in [2.45, 2.75) is 56.8 Å². The molecule has 176 valence electrons. The number of hydrogen-bond donors (Lipinski definition) is 2. The van der Waals surface area contributed by atoms with Gasteiger partial charge in [-0.15, -0.1) is 5.10 Å². The summed E-state index contributed by atoms with van der Waals surface area (Å²) in [5, 5.41) is 18.2. The zero-order valence-electron chi connectivity index (χ0n) is 19.1. The molecule has 0 bridgehead atoms. The molecular formula is C24H31N5O4. The Morgan fingerprint density at radius 2 is 2.03 bits per heavy atom. The monoisotopic (exact) mass is 453 g/mol. The van der Waals surface area contributed by atoms with E-state index in [0.717, 1.165) is 48.0 Å². The minimum absolute atomic E-state index is 0.0637. The Bertz CT molecular complexity index is 1090. The van der Waals surface area contributed by atoms with E-state index in [1.165, 1.54) is 0 Å². The van der Waals surface area contributed by atoms with E-state index < -0.39 is 0 Å². The molecule has 5 rings (SSSR count). The molecule has 2 N–H and O–H groups in total. The number of aliphatic hydroxyl groups is 1. The molecule has 3 aromatic rings. The van der Waals surface area contributed by atoms with Crippen LogP contribution >= 0.6 is 0 Å². The number of rotatable bonds is 8. The topological polar surface area (TPSA) is 103 Å². The second-order valence-electron chi connectivity index (χ2n) is 9.03. The lowest BCUT2D eigenvalue weighted by molar-refractivity contribution is -0.0813. The van der Waals surface area contributed by atoms with Crippen molar-refractivity contribution in [3.05, 3.63) is 36.3 Å². The fraction of sp³-hybridized carbons (Fsp3) is 0.542. The third-order valence-corrected chi connectivity index (χ3v) is 6.39. The average molecular weight is 454 g/mol. The van der Waals surface area contributed by atoms with Gasteiger partial charge in [-0.2, -0.15) is 0 Å². The molecule has 1 saturated carbocycles. The SMILES string of the molecule is COC[C@H](C)Nc1ncc2c(-c3ccnc(OC4COC4)c3)cc([C@H]3CC[C@H](O)CC3)n2n1. The summed E-state index contributed by atoms with van der Waals surface area (Å²) in [5.74, 6) is 1.49. The van der Waals surface area contributed by atoms with Gasteiger partial charge in [-0.05, 0) is 50.3 Å². The Morgan fingerprint density at radius 1 is 1.21 bits per heavy atom. The van der Waals surface area contributed by atoms with Crippen LogP contribution in [-0.2, 0) is 9.47 Å². The minimum Gasteiger partial charge on any atom is -0.469 e. The molecule has 0 unspecified atom stereocenters. The van der Waals surface area contributed by atoms with Crippen molar-refractivity contribution in [1.82, 2.24) is 19.6 Å². The number of nitrogens with one attached hydrogen (secondary N) is 1. The number of pyridine rings is 1. The number of aliphatic hydroxyl groups excluding tert-OH is 1. The molecule has 1 aliphatic heterocycles. The van der Waals surface area contributed by atoms with Crippen molar-refractivity contribution >= 4 is 11.5 Å². The highest BCUT2D eigenvalue weighted by Crippen LogP contribution is 2.38. The highest BCUT2D eigenvalue weighted by atomic mass is 16.6. The molecule has 9 nitrogen and oxygen atoms in total. The van der Waals surface area contributed by atoms with Gasteiger partial charge in [0, 0.05) is 42.6 Å². The van der Waals surface area contributed by atoms with Gasteiger partial charge in [0.1, 0.15) is 6.10 Å². The summed E-state index contributed by atoms with van der Waals surface area (Å²) in [6, 6.07) is 6.25. The standard InChI is InChI=1S/C24H31N5O4/c1-15(12-31-2)27-24-26-11-22-20(17-7-8-25-23(9-17)33-19-13-32-14-19)10-21(29(22)28-24)16-3-5-18(30)6-4-16/h7-11,15-16,18-19,30H,3-6,12-14H2,1-2H3,(H,27,28)/t15-,16-,18-/m0/s1. The Morgan fingerprint density at radius 3 is 2.76 bits per heavy atom. The summed E-state index contributed by atoms with van der Waals surface area (Å²) in [4.78, 5) is 8.95. The van der Waals surface area contributed by atoms with Crippen LogP contribution in [0.3, 0.4) is 0 Å². The van der Waals surface area contributed by atoms with Crippen LogP contribution in [-0.4, -0.2) is 69.9 Å². The van der Waals surface area contributed by atoms with E-state index in [9.17, 15) is 5.11 Å². The Labute approximate surface area is 193 Å². The van der Waals surface area contributed by atoms with Gasteiger partial charge < -0.3 is 24.6 Å². The molecule has 0 amide bonds. The van der Waals surface area contributed by atoms with Crippen molar-refractivity contribution in [1.29, 1.82) is 0 Å². The summed E-state index contributed by atoms with van der Waals surface area (Å²) in [6.45, 7) is 3.80. The van der Waals surface area contributed by atoms with Gasteiger partial charge in [-0.1, -0.05) is 0 Å². The Kier molecular flexibility index (Phi) is 6.43. The molecule has 2 fully saturated rings. The molecule has 1 atom stereocenters. The highest BCUT2D eigenvalue weighted by molar-refractivity contribution is 5.81. The van der Waals surface area contributed by atoms with Gasteiger partial charge >= 0.3 is 0 Å². The van der Waals surface area contributed by atoms with Crippen LogP contribution in [0, 0.1) is 0 Å². The van der Waals surface area contributed by atoms with E-state index in [1.54, 1.807) is 13.3 Å². The Hall–Kier alpha value is -2.75. The molecule has 4 heterocycles. The maximum atomic E-state index is 10.0. The fourth-order valence-electron chi connectivity index (χ4n) is 4.58. The first-order valence-corrected chi connectivity index (χ1v) is 11.6. The zero-order chi connectivity index (χ0) is 22.8. The Balaban J connectivity index is 1.52. The predicted octanol–water partition coefficient (Wildman–Crippen LogP) is 3.03. The fourth-order valence-corrected chi connectivity index (χ4v) is 4.58. The normalized spacial score (nSPS) is 22.2. The number of nitrogens with zero attached hydrogens (tertiary/aromatic N) is 4. The quantitative estimate of drug-likeness (QED) is 0.537. The molecule has 1 saturated heterocycles. The third kappa shape index (κ3) is 4.80. The number of methoxy groups -OCH3 is 1. The maximum Gasteiger partial charge on any atom is 0.241 e. The number of fused-ring (bicyclic) bond motifs is 1. The molecule has 0 aromatic carbocycles. The summed E-state index contributed by atoms with van der Waals surface area (Å²) in [7, 11) is 1.68.